The van der Waals surface area contributed by atoms with Crippen molar-refractivity contribution in [2.24, 2.45) is 5.92 Å². The van der Waals surface area contributed by atoms with Crippen molar-refractivity contribution in [3.8, 4) is 5.75 Å². The van der Waals surface area contributed by atoms with Crippen LogP contribution >= 0.6 is 0 Å². The molecule has 1 saturated carbocycles. The zero-order valence-electron chi connectivity index (χ0n) is 10.6. The number of para-hydroxylation sites is 1. The predicted octanol–water partition coefficient (Wildman–Crippen LogP) is 1.91. The number of aliphatic hydroxyl groups is 1. The Morgan fingerprint density at radius 1 is 1.22 bits per heavy atom. The fraction of sp³-hybridized carbons (Fsp3) is 0.600. The minimum Gasteiger partial charge on any atom is -0.493 e. The van der Waals surface area contributed by atoms with Crippen molar-refractivity contribution in [2.45, 2.75) is 31.3 Å². The summed E-state index contributed by atoms with van der Waals surface area (Å²) in [5.74, 6) is 2.30. The zero-order chi connectivity index (χ0) is 12.4. The molecule has 2 aliphatic rings. The average Bonchev–Trinajstić information content (AvgIpc) is 2.37. The van der Waals surface area contributed by atoms with Gasteiger partial charge in [0.1, 0.15) is 5.75 Å². The van der Waals surface area contributed by atoms with Gasteiger partial charge in [0.25, 0.3) is 0 Å². The van der Waals surface area contributed by atoms with E-state index in [1.165, 1.54) is 5.56 Å². The highest BCUT2D eigenvalue weighted by Gasteiger charge is 2.27. The number of aliphatic hydroxyl groups excluding tert-OH is 1. The lowest BCUT2D eigenvalue weighted by atomic mass is 9.82. The normalized spacial score (nSPS) is 30.2. The van der Waals surface area contributed by atoms with Gasteiger partial charge in [-0.2, -0.15) is 0 Å². The molecule has 3 rings (SSSR count). The lowest BCUT2D eigenvalue weighted by Crippen LogP contribution is -2.37. The van der Waals surface area contributed by atoms with Crippen LogP contribution in [0.1, 0.15) is 30.7 Å². The Morgan fingerprint density at radius 3 is 2.89 bits per heavy atom. The summed E-state index contributed by atoms with van der Waals surface area (Å²) >= 11 is 0. The zero-order valence-corrected chi connectivity index (χ0v) is 10.6. The Kier molecular flexibility index (Phi) is 3.52. The Bertz CT molecular complexity index is 401. The maximum absolute atomic E-state index is 9.25. The number of nitrogens with one attached hydrogen (secondary N) is 1. The summed E-state index contributed by atoms with van der Waals surface area (Å²) in [5.41, 5.74) is 1.34. The fourth-order valence-corrected chi connectivity index (χ4v) is 2.96. The third-order valence-electron chi connectivity index (χ3n) is 4.12. The minimum absolute atomic E-state index is 0.0411. The fourth-order valence-electron chi connectivity index (χ4n) is 2.96. The van der Waals surface area contributed by atoms with E-state index in [0.29, 0.717) is 11.8 Å². The molecule has 1 unspecified atom stereocenters. The first-order valence-corrected chi connectivity index (χ1v) is 6.93. The van der Waals surface area contributed by atoms with Crippen molar-refractivity contribution in [3.05, 3.63) is 29.8 Å². The van der Waals surface area contributed by atoms with Crippen molar-refractivity contribution in [1.29, 1.82) is 0 Å². The van der Waals surface area contributed by atoms with Crippen LogP contribution in [0.15, 0.2) is 24.3 Å². The first-order chi connectivity index (χ1) is 8.83. The molecule has 1 atom stereocenters. The van der Waals surface area contributed by atoms with Gasteiger partial charge in [-0.1, -0.05) is 18.2 Å². The quantitative estimate of drug-likeness (QED) is 0.854. The lowest BCUT2D eigenvalue weighted by Gasteiger charge is -2.32. The highest BCUT2D eigenvalue weighted by Crippen LogP contribution is 2.33. The van der Waals surface area contributed by atoms with Crippen LogP contribution < -0.4 is 10.1 Å². The van der Waals surface area contributed by atoms with Crippen molar-refractivity contribution in [1.82, 2.24) is 5.32 Å². The van der Waals surface area contributed by atoms with Crippen LogP contribution in [-0.2, 0) is 0 Å². The topological polar surface area (TPSA) is 41.5 Å². The Balaban J connectivity index is 1.51. The Hall–Kier alpha value is -1.06. The van der Waals surface area contributed by atoms with E-state index in [2.05, 4.69) is 23.5 Å². The van der Waals surface area contributed by atoms with Gasteiger partial charge in [-0.3, -0.25) is 0 Å². The van der Waals surface area contributed by atoms with Gasteiger partial charge in [-0.15, -0.1) is 0 Å². The maximum atomic E-state index is 9.25. The monoisotopic (exact) mass is 247 g/mol. The summed E-state index contributed by atoms with van der Waals surface area (Å²) in [5, 5.41) is 12.8. The SMILES string of the molecule is OC1CC(CNCC2CCOc3ccccc32)C1. The molecule has 0 saturated heterocycles. The number of rotatable bonds is 4. The van der Waals surface area contributed by atoms with Gasteiger partial charge in [-0.25, -0.2) is 0 Å². The molecule has 1 aromatic rings. The molecular weight excluding hydrogens is 226 g/mol. The molecule has 3 nitrogen and oxygen atoms in total. The summed E-state index contributed by atoms with van der Waals surface area (Å²) in [6.07, 6.45) is 2.99. The van der Waals surface area contributed by atoms with Crippen LogP contribution in [-0.4, -0.2) is 30.9 Å². The molecule has 1 aromatic carbocycles. The molecule has 0 aromatic heterocycles. The Labute approximate surface area is 108 Å². The van der Waals surface area contributed by atoms with Gasteiger partial charge in [0.15, 0.2) is 0 Å². The van der Waals surface area contributed by atoms with Crippen molar-refractivity contribution >= 4 is 0 Å². The van der Waals surface area contributed by atoms with Gasteiger partial charge in [0.05, 0.1) is 12.7 Å². The van der Waals surface area contributed by atoms with Crippen LogP contribution in [0.5, 0.6) is 5.75 Å². The van der Waals surface area contributed by atoms with Crippen LogP contribution in [0.3, 0.4) is 0 Å². The molecule has 0 amide bonds. The van der Waals surface area contributed by atoms with E-state index in [0.717, 1.165) is 44.7 Å². The van der Waals surface area contributed by atoms with Gasteiger partial charge in [0, 0.05) is 12.5 Å². The molecule has 2 N–H and O–H groups in total. The standard InChI is InChI=1S/C15H21NO2/c17-13-7-11(8-13)9-16-10-12-5-6-18-15-4-2-1-3-14(12)15/h1-4,11-13,16-17H,5-10H2. The summed E-state index contributed by atoms with van der Waals surface area (Å²) in [6, 6.07) is 8.35. The average molecular weight is 247 g/mol. The molecule has 1 aliphatic heterocycles. The van der Waals surface area contributed by atoms with E-state index < -0.39 is 0 Å². The molecule has 1 fully saturated rings. The van der Waals surface area contributed by atoms with E-state index >= 15 is 0 Å². The molecule has 98 valence electrons. The number of fused-ring (bicyclic) bond motifs is 1. The van der Waals surface area contributed by atoms with E-state index in [1.807, 2.05) is 6.07 Å². The minimum atomic E-state index is -0.0411. The molecule has 1 aliphatic carbocycles. The third-order valence-corrected chi connectivity index (χ3v) is 4.12. The van der Waals surface area contributed by atoms with E-state index in [4.69, 9.17) is 4.74 Å². The van der Waals surface area contributed by atoms with Crippen LogP contribution in [0, 0.1) is 5.92 Å². The lowest BCUT2D eigenvalue weighted by molar-refractivity contribution is 0.0429. The molecule has 0 bridgehead atoms. The summed E-state index contributed by atoms with van der Waals surface area (Å²) < 4.78 is 5.67. The molecule has 0 radical (unpaired) electrons. The second kappa shape index (κ2) is 5.29. The third kappa shape index (κ3) is 2.52. The molecular formula is C15H21NO2. The van der Waals surface area contributed by atoms with Gasteiger partial charge < -0.3 is 15.2 Å². The first kappa shape index (κ1) is 12.0. The van der Waals surface area contributed by atoms with Gasteiger partial charge in [-0.05, 0) is 43.4 Å². The van der Waals surface area contributed by atoms with Gasteiger partial charge in [0.2, 0.25) is 0 Å². The van der Waals surface area contributed by atoms with Gasteiger partial charge >= 0.3 is 0 Å². The second-order valence-electron chi connectivity index (χ2n) is 5.52. The van der Waals surface area contributed by atoms with E-state index in [9.17, 15) is 5.11 Å². The Morgan fingerprint density at radius 2 is 2.06 bits per heavy atom. The molecule has 0 spiro atoms. The summed E-state index contributed by atoms with van der Waals surface area (Å²) in [7, 11) is 0. The summed E-state index contributed by atoms with van der Waals surface area (Å²) in [6.45, 7) is 2.88. The predicted molar refractivity (Wildman–Crippen MR) is 70.9 cm³/mol. The van der Waals surface area contributed by atoms with Crippen LogP contribution in [0.4, 0.5) is 0 Å². The first-order valence-electron chi connectivity index (χ1n) is 6.93. The second-order valence-corrected chi connectivity index (χ2v) is 5.52. The number of benzene rings is 1. The highest BCUT2D eigenvalue weighted by atomic mass is 16.5. The summed E-state index contributed by atoms with van der Waals surface area (Å²) in [4.78, 5) is 0. The molecule has 3 heteroatoms. The van der Waals surface area contributed by atoms with E-state index in [1.54, 1.807) is 0 Å². The number of ether oxygens (including phenoxy) is 1. The van der Waals surface area contributed by atoms with Crippen LogP contribution in [0.2, 0.25) is 0 Å². The van der Waals surface area contributed by atoms with Crippen molar-refractivity contribution in [3.63, 3.8) is 0 Å². The number of hydrogen-bond acceptors (Lipinski definition) is 3. The van der Waals surface area contributed by atoms with Crippen molar-refractivity contribution in [2.75, 3.05) is 19.7 Å². The largest absolute Gasteiger partial charge is 0.493 e. The number of hydrogen-bond donors (Lipinski definition) is 2. The maximum Gasteiger partial charge on any atom is 0.122 e. The van der Waals surface area contributed by atoms with Crippen LogP contribution in [0.25, 0.3) is 0 Å². The van der Waals surface area contributed by atoms with E-state index in [-0.39, 0.29) is 6.10 Å². The van der Waals surface area contributed by atoms with Crippen molar-refractivity contribution < 1.29 is 9.84 Å². The molecule has 1 heterocycles. The highest BCUT2D eigenvalue weighted by molar-refractivity contribution is 5.37. The smallest absolute Gasteiger partial charge is 0.122 e. The molecule has 18 heavy (non-hydrogen) atoms.